The molecule has 3 N–H and O–H groups in total. The number of nitrogens with one attached hydrogen (secondary N) is 1. The summed E-state index contributed by atoms with van der Waals surface area (Å²) in [6, 6.07) is 3.39. The summed E-state index contributed by atoms with van der Waals surface area (Å²) in [6.07, 6.45) is 0. The van der Waals surface area contributed by atoms with Gasteiger partial charge < -0.3 is 15.8 Å². The van der Waals surface area contributed by atoms with E-state index in [1.54, 1.807) is 12.1 Å². The molecule has 1 aliphatic heterocycles. The Balaban J connectivity index is 1.99. The lowest BCUT2D eigenvalue weighted by Crippen LogP contribution is -2.40. The number of hydrogen-bond acceptors (Lipinski definition) is 5. The lowest BCUT2D eigenvalue weighted by molar-refractivity contribution is 0.0731. The number of sulfonamides is 1. The normalized spacial score (nSPS) is 17.2. The number of nitrogens with zero attached hydrogens (tertiary/aromatic N) is 2. The highest BCUT2D eigenvalue weighted by molar-refractivity contribution is 7.91. The molecule has 128 valence electrons. The predicted octanol–water partition coefficient (Wildman–Crippen LogP) is 0.749. The Bertz CT molecular complexity index is 676. The molecule has 0 atom stereocenters. The van der Waals surface area contributed by atoms with Crippen LogP contribution in [0.25, 0.3) is 0 Å². The summed E-state index contributed by atoms with van der Waals surface area (Å²) in [7, 11) is -3.44. The van der Waals surface area contributed by atoms with Crippen LogP contribution < -0.4 is 11.1 Å². The van der Waals surface area contributed by atoms with Crippen LogP contribution in [0.4, 0.5) is 0 Å². The summed E-state index contributed by atoms with van der Waals surface area (Å²) in [5.41, 5.74) is 6.70. The van der Waals surface area contributed by atoms with Gasteiger partial charge in [-0.05, 0) is 19.1 Å². The predicted molar refractivity (Wildman–Crippen MR) is 92.0 cm³/mol. The van der Waals surface area contributed by atoms with E-state index in [9.17, 15) is 8.42 Å². The molecule has 0 aromatic carbocycles. The molecule has 0 amide bonds. The van der Waals surface area contributed by atoms with E-state index in [-0.39, 0.29) is 0 Å². The summed E-state index contributed by atoms with van der Waals surface area (Å²) in [5.74, 6) is 0.319. The quantitative estimate of drug-likeness (QED) is 0.444. The first kappa shape index (κ1) is 17.9. The second-order valence-electron chi connectivity index (χ2n) is 5.25. The minimum absolute atomic E-state index is 0.319. The van der Waals surface area contributed by atoms with Crippen LogP contribution in [-0.2, 0) is 21.3 Å². The molecule has 0 saturated carbocycles. The molecule has 2 heterocycles. The summed E-state index contributed by atoms with van der Waals surface area (Å²) in [5, 5.41) is 2.93. The van der Waals surface area contributed by atoms with Crippen molar-refractivity contribution in [1.82, 2.24) is 9.62 Å². The first-order valence-electron chi connectivity index (χ1n) is 7.24. The smallest absolute Gasteiger partial charge is 0.252 e. The standard InChI is InChI=1S/C14H22N4O3S2/c1-11(2)9-16-14(15)17-10-12-3-4-13(22-12)23(19,20)18-5-7-21-8-6-18/h3-4H,1,5-10H2,2H3,(H3,15,16,17). The molecule has 2 rings (SSSR count). The molecule has 0 bridgehead atoms. The third-order valence-electron chi connectivity index (χ3n) is 3.18. The van der Waals surface area contributed by atoms with E-state index < -0.39 is 10.0 Å². The van der Waals surface area contributed by atoms with Crippen LogP contribution in [0.3, 0.4) is 0 Å². The van der Waals surface area contributed by atoms with Crippen LogP contribution in [0.1, 0.15) is 11.8 Å². The number of rotatable bonds is 6. The van der Waals surface area contributed by atoms with Gasteiger partial charge in [0.15, 0.2) is 5.96 Å². The molecule has 9 heteroatoms. The van der Waals surface area contributed by atoms with E-state index in [0.29, 0.717) is 49.6 Å². The van der Waals surface area contributed by atoms with Crippen molar-refractivity contribution in [1.29, 1.82) is 0 Å². The molecular weight excluding hydrogens is 336 g/mol. The highest BCUT2D eigenvalue weighted by Crippen LogP contribution is 2.26. The average molecular weight is 358 g/mol. The van der Waals surface area contributed by atoms with E-state index in [0.717, 1.165) is 10.5 Å². The fourth-order valence-electron chi connectivity index (χ4n) is 1.96. The minimum atomic E-state index is -3.44. The lowest BCUT2D eigenvalue weighted by Gasteiger charge is -2.25. The maximum Gasteiger partial charge on any atom is 0.252 e. The second-order valence-corrected chi connectivity index (χ2v) is 8.58. The van der Waals surface area contributed by atoms with Crippen molar-refractivity contribution >= 4 is 27.3 Å². The zero-order valence-corrected chi connectivity index (χ0v) is 14.8. The third kappa shape index (κ3) is 5.03. The molecule has 1 aliphatic rings. The molecule has 1 aromatic rings. The number of nitrogens with two attached hydrogens (primary N) is 1. The fraction of sp³-hybridized carbons (Fsp3) is 0.500. The Hall–Kier alpha value is -1.42. The Labute approximate surface area is 140 Å². The van der Waals surface area contributed by atoms with Gasteiger partial charge in [0, 0.05) is 24.5 Å². The first-order valence-corrected chi connectivity index (χ1v) is 9.50. The van der Waals surface area contributed by atoms with E-state index in [4.69, 9.17) is 10.5 Å². The van der Waals surface area contributed by atoms with Crippen molar-refractivity contribution in [2.75, 3.05) is 32.8 Å². The molecule has 0 radical (unpaired) electrons. The Morgan fingerprint density at radius 3 is 2.83 bits per heavy atom. The van der Waals surface area contributed by atoms with Gasteiger partial charge in [-0.1, -0.05) is 12.2 Å². The Morgan fingerprint density at radius 2 is 2.17 bits per heavy atom. The van der Waals surface area contributed by atoms with Gasteiger partial charge in [-0.25, -0.2) is 13.4 Å². The fourth-order valence-corrected chi connectivity index (χ4v) is 4.80. The van der Waals surface area contributed by atoms with Crippen molar-refractivity contribution in [3.8, 4) is 0 Å². The first-order chi connectivity index (χ1) is 10.9. The van der Waals surface area contributed by atoms with Gasteiger partial charge in [0.05, 0.1) is 19.8 Å². The van der Waals surface area contributed by atoms with Crippen molar-refractivity contribution in [3.63, 3.8) is 0 Å². The zero-order valence-electron chi connectivity index (χ0n) is 13.1. The highest BCUT2D eigenvalue weighted by atomic mass is 32.2. The SMILES string of the molecule is C=C(C)CNC(N)=NCc1ccc(S(=O)(=O)N2CCOCC2)s1. The van der Waals surface area contributed by atoms with Gasteiger partial charge >= 0.3 is 0 Å². The van der Waals surface area contributed by atoms with Crippen molar-refractivity contribution < 1.29 is 13.2 Å². The molecule has 0 spiro atoms. The second kappa shape index (κ2) is 7.91. The van der Waals surface area contributed by atoms with Gasteiger partial charge in [0.1, 0.15) is 4.21 Å². The number of morpholine rings is 1. The summed E-state index contributed by atoms with van der Waals surface area (Å²) >= 11 is 1.22. The zero-order chi connectivity index (χ0) is 16.9. The van der Waals surface area contributed by atoms with Gasteiger partial charge in [-0.2, -0.15) is 4.31 Å². The van der Waals surface area contributed by atoms with E-state index in [1.807, 2.05) is 6.92 Å². The van der Waals surface area contributed by atoms with Gasteiger partial charge in [-0.15, -0.1) is 11.3 Å². The Morgan fingerprint density at radius 1 is 1.48 bits per heavy atom. The maximum absolute atomic E-state index is 12.5. The molecule has 1 fully saturated rings. The van der Waals surface area contributed by atoms with Crippen LogP contribution >= 0.6 is 11.3 Å². The van der Waals surface area contributed by atoms with E-state index >= 15 is 0 Å². The average Bonchev–Trinajstić information content (AvgIpc) is 3.01. The van der Waals surface area contributed by atoms with Crippen molar-refractivity contribution in [3.05, 3.63) is 29.2 Å². The van der Waals surface area contributed by atoms with Crippen molar-refractivity contribution in [2.24, 2.45) is 10.7 Å². The summed E-state index contributed by atoms with van der Waals surface area (Å²) in [6.45, 7) is 8.23. The highest BCUT2D eigenvalue weighted by Gasteiger charge is 2.27. The lowest BCUT2D eigenvalue weighted by atomic mass is 10.3. The number of aliphatic imine (C=N–C) groups is 1. The summed E-state index contributed by atoms with van der Waals surface area (Å²) < 4.78 is 32.0. The molecule has 1 saturated heterocycles. The summed E-state index contributed by atoms with van der Waals surface area (Å²) in [4.78, 5) is 5.04. The van der Waals surface area contributed by atoms with Gasteiger partial charge in [0.2, 0.25) is 0 Å². The molecular formula is C14H22N4O3S2. The molecule has 23 heavy (non-hydrogen) atoms. The third-order valence-corrected chi connectivity index (χ3v) is 6.61. The molecule has 1 aromatic heterocycles. The molecule has 7 nitrogen and oxygen atoms in total. The number of hydrogen-bond donors (Lipinski definition) is 2. The van der Waals surface area contributed by atoms with Crippen molar-refractivity contribution in [2.45, 2.75) is 17.7 Å². The van der Waals surface area contributed by atoms with Gasteiger partial charge in [-0.3, -0.25) is 0 Å². The Kier molecular flexibility index (Phi) is 6.17. The topological polar surface area (TPSA) is 97.0 Å². The largest absolute Gasteiger partial charge is 0.379 e. The monoisotopic (exact) mass is 358 g/mol. The van der Waals surface area contributed by atoms with E-state index in [1.165, 1.54) is 15.6 Å². The van der Waals surface area contributed by atoms with Crippen LogP contribution in [0.15, 0.2) is 33.5 Å². The number of ether oxygens (including phenoxy) is 1. The number of thiophene rings is 1. The van der Waals surface area contributed by atoms with Crippen LogP contribution in [0.5, 0.6) is 0 Å². The van der Waals surface area contributed by atoms with Crippen LogP contribution in [0.2, 0.25) is 0 Å². The number of guanidine groups is 1. The molecule has 0 unspecified atom stereocenters. The minimum Gasteiger partial charge on any atom is -0.379 e. The van der Waals surface area contributed by atoms with Gasteiger partial charge in [0.25, 0.3) is 10.0 Å². The van der Waals surface area contributed by atoms with Crippen LogP contribution in [0, 0.1) is 0 Å². The maximum atomic E-state index is 12.5. The van der Waals surface area contributed by atoms with E-state index in [2.05, 4.69) is 16.9 Å². The molecule has 0 aliphatic carbocycles. The van der Waals surface area contributed by atoms with Crippen LogP contribution in [-0.4, -0.2) is 51.5 Å².